The van der Waals surface area contributed by atoms with Gasteiger partial charge >= 0.3 is 0 Å². The Morgan fingerprint density at radius 3 is 2.48 bits per heavy atom. The molecule has 0 aromatic heterocycles. The number of sulfonamides is 1. The largest absolute Gasteiger partial charge is 0.497 e. The first kappa shape index (κ1) is 25.5. The van der Waals surface area contributed by atoms with Crippen LogP contribution in [0.4, 0.5) is 0 Å². The average Bonchev–Trinajstić information content (AvgIpc) is 2.83. The Morgan fingerprint density at radius 2 is 1.88 bits per heavy atom. The molecule has 3 N–H and O–H groups in total. The molecule has 0 saturated heterocycles. The second-order valence-corrected chi connectivity index (χ2v) is 10.4. The number of carbonyl (C=O) groups excluding carboxylic acids is 1. The number of allylic oxidation sites excluding steroid dienone is 1. The molecular weight excluding hydrogens is 448 g/mol. The lowest BCUT2D eigenvalue weighted by Crippen LogP contribution is -2.38. The molecule has 2 atom stereocenters. The molecule has 0 radical (unpaired) electrons. The lowest BCUT2D eigenvalue weighted by Gasteiger charge is -2.35. The third-order valence-electron chi connectivity index (χ3n) is 6.28. The summed E-state index contributed by atoms with van der Waals surface area (Å²) in [5.74, 6) is 0.631. The summed E-state index contributed by atoms with van der Waals surface area (Å²) in [7, 11) is -2.33. The predicted molar refractivity (Wildman–Crippen MR) is 122 cm³/mol. The first-order valence-electron chi connectivity index (χ1n) is 11.4. The summed E-state index contributed by atoms with van der Waals surface area (Å²) in [5, 5.41) is 9.40. The molecule has 3 rings (SSSR count). The van der Waals surface area contributed by atoms with Crippen LogP contribution in [0.15, 0.2) is 41.0 Å². The molecule has 2 aliphatic rings. The summed E-state index contributed by atoms with van der Waals surface area (Å²) in [6.07, 6.45) is 7.52. The maximum Gasteiger partial charge on any atom is 0.283 e. The minimum absolute atomic E-state index is 0.0263. The molecule has 1 amide bonds. The molecule has 9 nitrogen and oxygen atoms in total. The topological polar surface area (TPSA) is 128 Å². The number of amides is 1. The minimum Gasteiger partial charge on any atom is -0.497 e. The highest BCUT2D eigenvalue weighted by molar-refractivity contribution is 7.89. The molecule has 1 aromatic rings. The van der Waals surface area contributed by atoms with E-state index in [0.29, 0.717) is 18.1 Å². The summed E-state index contributed by atoms with van der Waals surface area (Å²) >= 11 is 0. The van der Waals surface area contributed by atoms with Crippen LogP contribution in [0.3, 0.4) is 0 Å². The van der Waals surface area contributed by atoms with Crippen LogP contribution in [0.25, 0.3) is 0 Å². The van der Waals surface area contributed by atoms with E-state index in [1.54, 1.807) is 12.1 Å². The van der Waals surface area contributed by atoms with E-state index in [9.17, 15) is 18.3 Å². The molecule has 0 spiro atoms. The summed E-state index contributed by atoms with van der Waals surface area (Å²) in [4.78, 5) is 11.9. The first-order valence-corrected chi connectivity index (χ1v) is 12.8. The molecule has 1 aliphatic heterocycles. The zero-order valence-corrected chi connectivity index (χ0v) is 19.8. The van der Waals surface area contributed by atoms with Crippen LogP contribution in [0, 0.1) is 11.8 Å². The van der Waals surface area contributed by atoms with Crippen molar-refractivity contribution >= 4 is 15.9 Å². The number of aliphatic hydroxyl groups excluding tert-OH is 1. The van der Waals surface area contributed by atoms with Gasteiger partial charge in [0.2, 0.25) is 16.3 Å². The highest BCUT2D eigenvalue weighted by Gasteiger charge is 2.32. The molecule has 0 unspecified atom stereocenters. The summed E-state index contributed by atoms with van der Waals surface area (Å²) in [5.41, 5.74) is 5.47. The molecule has 0 bridgehead atoms. The highest BCUT2D eigenvalue weighted by atomic mass is 32.2. The third-order valence-corrected chi connectivity index (χ3v) is 8.19. The van der Waals surface area contributed by atoms with Crippen LogP contribution in [0.2, 0.25) is 0 Å². The smallest absolute Gasteiger partial charge is 0.283 e. The number of rotatable bonds is 11. The molecule has 1 aliphatic carbocycles. The van der Waals surface area contributed by atoms with Gasteiger partial charge in [0.15, 0.2) is 5.76 Å². The fraction of sp³-hybridized carbons (Fsp3) is 0.609. The number of ether oxygens (including phenoxy) is 3. The summed E-state index contributed by atoms with van der Waals surface area (Å²) in [6, 6.07) is 6.06. The Bertz CT molecular complexity index is 911. The first-order chi connectivity index (χ1) is 15.8. The number of nitrogens with two attached hydrogens (primary N) is 1. The molecule has 10 heteroatoms. The van der Waals surface area contributed by atoms with Crippen molar-refractivity contribution < 1.29 is 32.5 Å². The average molecular weight is 483 g/mol. The van der Waals surface area contributed by atoms with Crippen LogP contribution in [0.5, 0.6) is 5.75 Å². The van der Waals surface area contributed by atoms with Gasteiger partial charge in [0, 0.05) is 19.5 Å². The number of carbonyl (C=O) groups is 1. The van der Waals surface area contributed by atoms with Crippen molar-refractivity contribution in [3.8, 4) is 5.75 Å². The Morgan fingerprint density at radius 1 is 1.18 bits per heavy atom. The molecule has 1 fully saturated rings. The number of hydrogen-bond acceptors (Lipinski definition) is 7. The molecule has 1 heterocycles. The lowest BCUT2D eigenvalue weighted by atomic mass is 9.77. The number of primary amides is 1. The zero-order chi connectivity index (χ0) is 23.8. The van der Waals surface area contributed by atoms with Gasteiger partial charge in [-0.3, -0.25) is 4.79 Å². The minimum atomic E-state index is -3.83. The predicted octanol–water partition coefficient (Wildman–Crippen LogP) is 2.01. The molecule has 1 aromatic carbocycles. The SMILES string of the molecule is COc1ccc(S(=O)(=O)N(CCO)CCO[C@H]2C[C@@H](C3CCCCC3)C=C(C(N)=O)O2)cc1. The molecular formula is C23H34N2O7S. The van der Waals surface area contributed by atoms with Gasteiger partial charge in [0.25, 0.3) is 5.91 Å². The fourth-order valence-corrected chi connectivity index (χ4v) is 5.91. The van der Waals surface area contributed by atoms with Gasteiger partial charge in [-0.2, -0.15) is 4.31 Å². The van der Waals surface area contributed by atoms with E-state index in [0.717, 1.165) is 12.8 Å². The summed E-state index contributed by atoms with van der Waals surface area (Å²) in [6.45, 7) is -0.323. The van der Waals surface area contributed by atoms with Crippen molar-refractivity contribution in [2.75, 3.05) is 33.4 Å². The van der Waals surface area contributed by atoms with E-state index in [4.69, 9.17) is 19.9 Å². The monoisotopic (exact) mass is 482 g/mol. The van der Waals surface area contributed by atoms with E-state index >= 15 is 0 Å². The number of hydrogen-bond donors (Lipinski definition) is 2. The van der Waals surface area contributed by atoms with Crippen molar-refractivity contribution in [2.45, 2.75) is 49.7 Å². The van der Waals surface area contributed by atoms with Crippen molar-refractivity contribution in [1.82, 2.24) is 4.31 Å². The van der Waals surface area contributed by atoms with Crippen LogP contribution >= 0.6 is 0 Å². The quantitative estimate of drug-likeness (QED) is 0.494. The van der Waals surface area contributed by atoms with E-state index in [1.165, 1.54) is 42.8 Å². The van der Waals surface area contributed by atoms with Crippen molar-refractivity contribution in [3.05, 3.63) is 36.1 Å². The van der Waals surface area contributed by atoms with Crippen LogP contribution < -0.4 is 10.5 Å². The lowest BCUT2D eigenvalue weighted by molar-refractivity contribution is -0.150. The van der Waals surface area contributed by atoms with Gasteiger partial charge in [-0.1, -0.05) is 19.3 Å². The Balaban J connectivity index is 1.63. The van der Waals surface area contributed by atoms with Gasteiger partial charge in [-0.15, -0.1) is 0 Å². The number of methoxy groups -OCH3 is 1. The Labute approximate surface area is 195 Å². The maximum atomic E-state index is 13.0. The number of aliphatic hydroxyl groups is 1. The highest BCUT2D eigenvalue weighted by Crippen LogP contribution is 2.37. The third kappa shape index (κ3) is 6.69. The number of nitrogens with zero attached hydrogens (tertiary/aromatic N) is 1. The van der Waals surface area contributed by atoms with E-state index in [2.05, 4.69) is 0 Å². The molecule has 184 valence electrons. The normalized spacial score (nSPS) is 22.0. The van der Waals surface area contributed by atoms with E-state index < -0.39 is 22.2 Å². The fourth-order valence-electron chi connectivity index (χ4n) is 4.49. The zero-order valence-electron chi connectivity index (χ0n) is 19.0. The molecule has 33 heavy (non-hydrogen) atoms. The van der Waals surface area contributed by atoms with Crippen molar-refractivity contribution in [3.63, 3.8) is 0 Å². The molecule has 1 saturated carbocycles. The second kappa shape index (κ2) is 11.8. The standard InChI is InChI=1S/C23H34N2O7S/c1-30-19-7-9-20(10-8-19)33(28,29)25(11-13-26)12-14-31-22-16-18(15-21(32-22)23(24)27)17-5-3-2-4-6-17/h7-10,15,17-18,22,26H,2-6,11-14,16H2,1H3,(H2,24,27)/t18-,22+/m0/s1. The van der Waals surface area contributed by atoms with Crippen LogP contribution in [-0.4, -0.2) is 63.4 Å². The van der Waals surface area contributed by atoms with Gasteiger partial charge in [-0.25, -0.2) is 8.42 Å². The van der Waals surface area contributed by atoms with Crippen molar-refractivity contribution in [2.24, 2.45) is 17.6 Å². The second-order valence-electron chi connectivity index (χ2n) is 8.41. The van der Waals surface area contributed by atoms with E-state index in [1.807, 2.05) is 6.08 Å². The van der Waals surface area contributed by atoms with Gasteiger partial charge in [0.05, 0.1) is 25.2 Å². The van der Waals surface area contributed by atoms with E-state index in [-0.39, 0.29) is 42.9 Å². The van der Waals surface area contributed by atoms with Gasteiger partial charge in [0.1, 0.15) is 5.75 Å². The summed E-state index contributed by atoms with van der Waals surface area (Å²) < 4.78 is 43.8. The number of benzene rings is 1. The van der Waals surface area contributed by atoms with Crippen LogP contribution in [0.1, 0.15) is 38.5 Å². The Kier molecular flexibility index (Phi) is 9.13. The Hall–Kier alpha value is -2.14. The van der Waals surface area contributed by atoms with Crippen LogP contribution in [-0.2, 0) is 24.3 Å². The maximum absolute atomic E-state index is 13.0. The van der Waals surface area contributed by atoms with Gasteiger partial charge in [-0.05, 0) is 55.0 Å². The van der Waals surface area contributed by atoms with Gasteiger partial charge < -0.3 is 25.1 Å². The van der Waals surface area contributed by atoms with Crippen molar-refractivity contribution in [1.29, 1.82) is 0 Å².